The molecule has 1 atom stereocenters. The zero-order valence-electron chi connectivity index (χ0n) is 8.84. The Morgan fingerprint density at radius 3 is 2.08 bits per heavy atom. The minimum atomic E-state index is -0.417. The smallest absolute Gasteiger partial charge is 0.173 e. The van der Waals surface area contributed by atoms with Crippen LogP contribution in [-0.2, 0) is 9.47 Å². The van der Waals surface area contributed by atoms with Crippen LogP contribution >= 0.6 is 11.6 Å². The Kier molecular flexibility index (Phi) is 3.61. The Balaban J connectivity index is 2.72. The lowest BCUT2D eigenvalue weighted by Crippen LogP contribution is -2.42. The van der Waals surface area contributed by atoms with E-state index in [2.05, 4.69) is 27.7 Å². The summed E-state index contributed by atoms with van der Waals surface area (Å²) in [7, 11) is 0. The van der Waals surface area contributed by atoms with Gasteiger partial charge >= 0.3 is 0 Å². The standard InChI is InChI=1S/C10H19ClO2/c1-7(2)10(8(3)4)12-6-9(5-11)13-10/h7-9H,5-6H2,1-4H3. The van der Waals surface area contributed by atoms with Gasteiger partial charge in [-0.15, -0.1) is 11.6 Å². The van der Waals surface area contributed by atoms with Crippen LogP contribution in [-0.4, -0.2) is 24.4 Å². The molecule has 0 aromatic rings. The first-order valence-corrected chi connectivity index (χ1v) is 5.44. The van der Waals surface area contributed by atoms with Crippen molar-refractivity contribution in [2.24, 2.45) is 11.8 Å². The molecule has 78 valence electrons. The second-order valence-electron chi connectivity index (χ2n) is 4.24. The predicted octanol–water partition coefficient (Wildman–Crippen LogP) is 2.65. The van der Waals surface area contributed by atoms with Crippen molar-refractivity contribution in [2.75, 3.05) is 12.5 Å². The Hall–Kier alpha value is 0.210. The van der Waals surface area contributed by atoms with Crippen LogP contribution in [0.1, 0.15) is 27.7 Å². The number of halogens is 1. The number of hydrogen-bond acceptors (Lipinski definition) is 2. The molecule has 0 saturated carbocycles. The first-order chi connectivity index (χ1) is 6.03. The van der Waals surface area contributed by atoms with E-state index in [-0.39, 0.29) is 6.10 Å². The second kappa shape index (κ2) is 4.16. The largest absolute Gasteiger partial charge is 0.347 e. The number of ether oxygens (including phenoxy) is 2. The molecule has 1 fully saturated rings. The quantitative estimate of drug-likeness (QED) is 0.661. The van der Waals surface area contributed by atoms with E-state index in [1.807, 2.05) is 0 Å². The molecule has 0 amide bonds. The molecular formula is C10H19ClO2. The van der Waals surface area contributed by atoms with Crippen LogP contribution in [0.3, 0.4) is 0 Å². The minimum Gasteiger partial charge on any atom is -0.347 e. The molecule has 1 aliphatic heterocycles. The fourth-order valence-electron chi connectivity index (χ4n) is 1.90. The van der Waals surface area contributed by atoms with Crippen LogP contribution in [0.4, 0.5) is 0 Å². The summed E-state index contributed by atoms with van der Waals surface area (Å²) in [5.41, 5.74) is 0. The Morgan fingerprint density at radius 2 is 1.85 bits per heavy atom. The Morgan fingerprint density at radius 1 is 1.31 bits per heavy atom. The van der Waals surface area contributed by atoms with Crippen LogP contribution < -0.4 is 0 Å². The molecule has 0 N–H and O–H groups in total. The van der Waals surface area contributed by atoms with Crippen LogP contribution in [0.5, 0.6) is 0 Å². The summed E-state index contributed by atoms with van der Waals surface area (Å²) in [5.74, 6) is 0.822. The molecule has 13 heavy (non-hydrogen) atoms. The summed E-state index contributed by atoms with van der Waals surface area (Å²) in [6.45, 7) is 9.11. The summed E-state index contributed by atoms with van der Waals surface area (Å²) in [6, 6.07) is 0. The summed E-state index contributed by atoms with van der Waals surface area (Å²) in [6.07, 6.45) is 0.0615. The van der Waals surface area contributed by atoms with E-state index in [1.165, 1.54) is 0 Å². The molecule has 1 rings (SSSR count). The van der Waals surface area contributed by atoms with Gasteiger partial charge in [0.15, 0.2) is 5.79 Å². The van der Waals surface area contributed by atoms with E-state index >= 15 is 0 Å². The Labute approximate surface area is 85.5 Å². The molecule has 1 heterocycles. The van der Waals surface area contributed by atoms with Gasteiger partial charge in [-0.25, -0.2) is 0 Å². The molecular weight excluding hydrogens is 188 g/mol. The van der Waals surface area contributed by atoms with Crippen molar-refractivity contribution < 1.29 is 9.47 Å². The van der Waals surface area contributed by atoms with Crippen molar-refractivity contribution in [3.8, 4) is 0 Å². The Bertz CT molecular complexity index is 160. The molecule has 0 aromatic heterocycles. The second-order valence-corrected chi connectivity index (χ2v) is 4.54. The fourth-order valence-corrected chi connectivity index (χ4v) is 2.05. The topological polar surface area (TPSA) is 18.5 Å². The van der Waals surface area contributed by atoms with Gasteiger partial charge in [0.2, 0.25) is 0 Å². The van der Waals surface area contributed by atoms with Crippen LogP contribution in [0, 0.1) is 11.8 Å². The summed E-state index contributed by atoms with van der Waals surface area (Å²) in [4.78, 5) is 0. The summed E-state index contributed by atoms with van der Waals surface area (Å²) < 4.78 is 11.6. The third kappa shape index (κ3) is 2.00. The van der Waals surface area contributed by atoms with Crippen molar-refractivity contribution in [3.05, 3.63) is 0 Å². The molecule has 1 aliphatic rings. The maximum absolute atomic E-state index is 5.87. The normalized spacial score (nSPS) is 27.5. The lowest BCUT2D eigenvalue weighted by molar-refractivity contribution is -0.224. The van der Waals surface area contributed by atoms with E-state index in [0.717, 1.165) is 0 Å². The first-order valence-electron chi connectivity index (χ1n) is 4.90. The highest BCUT2D eigenvalue weighted by molar-refractivity contribution is 6.18. The molecule has 2 nitrogen and oxygen atoms in total. The fraction of sp³-hybridized carbons (Fsp3) is 1.00. The van der Waals surface area contributed by atoms with Gasteiger partial charge in [0.25, 0.3) is 0 Å². The maximum atomic E-state index is 5.87. The average Bonchev–Trinajstić information content (AvgIpc) is 2.48. The minimum absolute atomic E-state index is 0.0615. The molecule has 0 bridgehead atoms. The maximum Gasteiger partial charge on any atom is 0.173 e. The van der Waals surface area contributed by atoms with Gasteiger partial charge in [0, 0.05) is 11.8 Å². The van der Waals surface area contributed by atoms with Crippen molar-refractivity contribution in [3.63, 3.8) is 0 Å². The van der Waals surface area contributed by atoms with Crippen molar-refractivity contribution in [2.45, 2.75) is 39.6 Å². The van der Waals surface area contributed by atoms with Crippen molar-refractivity contribution in [1.29, 1.82) is 0 Å². The van der Waals surface area contributed by atoms with E-state index in [9.17, 15) is 0 Å². The summed E-state index contributed by atoms with van der Waals surface area (Å²) in [5, 5.41) is 0. The van der Waals surface area contributed by atoms with Gasteiger partial charge in [-0.1, -0.05) is 27.7 Å². The first kappa shape index (κ1) is 11.3. The third-order valence-electron chi connectivity index (χ3n) is 2.63. The van der Waals surface area contributed by atoms with Gasteiger partial charge in [0.05, 0.1) is 18.6 Å². The van der Waals surface area contributed by atoms with E-state index in [4.69, 9.17) is 21.1 Å². The molecule has 3 heteroatoms. The molecule has 1 saturated heterocycles. The van der Waals surface area contributed by atoms with Gasteiger partial charge < -0.3 is 9.47 Å². The van der Waals surface area contributed by atoms with Gasteiger partial charge in [-0.3, -0.25) is 0 Å². The molecule has 0 aliphatic carbocycles. The van der Waals surface area contributed by atoms with E-state index < -0.39 is 5.79 Å². The van der Waals surface area contributed by atoms with Gasteiger partial charge in [0.1, 0.15) is 0 Å². The van der Waals surface area contributed by atoms with Crippen LogP contribution in [0.2, 0.25) is 0 Å². The number of hydrogen-bond donors (Lipinski definition) is 0. The lowest BCUT2D eigenvalue weighted by atomic mass is 9.91. The van der Waals surface area contributed by atoms with Crippen LogP contribution in [0.15, 0.2) is 0 Å². The zero-order chi connectivity index (χ0) is 10.1. The zero-order valence-corrected chi connectivity index (χ0v) is 9.60. The number of rotatable bonds is 3. The molecule has 1 unspecified atom stereocenters. The highest BCUT2D eigenvalue weighted by Gasteiger charge is 2.46. The SMILES string of the molecule is CC(C)C1(C(C)C)OCC(CCl)O1. The highest BCUT2D eigenvalue weighted by Crippen LogP contribution is 2.37. The molecule has 0 aromatic carbocycles. The monoisotopic (exact) mass is 206 g/mol. The average molecular weight is 207 g/mol. The van der Waals surface area contributed by atoms with Crippen LogP contribution in [0.25, 0.3) is 0 Å². The van der Waals surface area contributed by atoms with Crippen molar-refractivity contribution in [1.82, 2.24) is 0 Å². The highest BCUT2D eigenvalue weighted by atomic mass is 35.5. The predicted molar refractivity (Wildman–Crippen MR) is 54.0 cm³/mol. The van der Waals surface area contributed by atoms with E-state index in [0.29, 0.717) is 24.3 Å². The van der Waals surface area contributed by atoms with E-state index in [1.54, 1.807) is 0 Å². The summed E-state index contributed by atoms with van der Waals surface area (Å²) >= 11 is 5.74. The third-order valence-corrected chi connectivity index (χ3v) is 2.97. The number of alkyl halides is 1. The molecule has 0 spiro atoms. The van der Waals surface area contributed by atoms with Gasteiger partial charge in [-0.2, -0.15) is 0 Å². The van der Waals surface area contributed by atoms with Gasteiger partial charge in [-0.05, 0) is 0 Å². The molecule has 0 radical (unpaired) electrons. The lowest BCUT2D eigenvalue weighted by Gasteiger charge is -2.35. The van der Waals surface area contributed by atoms with Crippen molar-refractivity contribution >= 4 is 11.6 Å².